The first kappa shape index (κ1) is 19.7. The molecule has 0 fully saturated rings. The first-order valence-electron chi connectivity index (χ1n) is 9.31. The van der Waals surface area contributed by atoms with E-state index in [1.165, 1.54) is 95.5 Å². The summed E-state index contributed by atoms with van der Waals surface area (Å²) in [5, 5.41) is 0. The SMILES string of the molecule is CCCCCCCCCCCCCCCC(C)=C(C)C. The predicted molar refractivity (Wildman–Crippen MR) is 94.4 cm³/mol. The molecule has 0 aliphatic carbocycles. The minimum atomic E-state index is 1.32. The van der Waals surface area contributed by atoms with Gasteiger partial charge in [0.05, 0.1) is 0 Å². The molecule has 0 rings (SSSR count). The molecular formula is C20H40. The van der Waals surface area contributed by atoms with Crippen LogP contribution < -0.4 is 0 Å². The van der Waals surface area contributed by atoms with E-state index >= 15 is 0 Å². The van der Waals surface area contributed by atoms with Crippen molar-refractivity contribution < 1.29 is 0 Å². The Morgan fingerprint density at radius 3 is 1.20 bits per heavy atom. The molecule has 0 aromatic carbocycles. The maximum Gasteiger partial charge on any atom is -0.0321 e. The van der Waals surface area contributed by atoms with Gasteiger partial charge in [0.15, 0.2) is 0 Å². The van der Waals surface area contributed by atoms with Crippen molar-refractivity contribution in [3.63, 3.8) is 0 Å². The van der Waals surface area contributed by atoms with Crippen LogP contribution in [0.4, 0.5) is 0 Å². The Morgan fingerprint density at radius 2 is 0.850 bits per heavy atom. The summed E-state index contributed by atoms with van der Waals surface area (Å²) in [6.45, 7) is 9.05. The standard InChI is InChI=1S/C20H40/c1-5-6-7-8-9-10-11-12-13-14-15-16-17-18-20(4)19(2)3/h5-18H2,1-4H3. The zero-order valence-electron chi connectivity index (χ0n) is 14.9. The van der Waals surface area contributed by atoms with Crippen molar-refractivity contribution in [1.82, 2.24) is 0 Å². The van der Waals surface area contributed by atoms with Gasteiger partial charge in [0.1, 0.15) is 0 Å². The molecule has 0 heteroatoms. The Balaban J connectivity index is 3.08. The van der Waals surface area contributed by atoms with Gasteiger partial charge < -0.3 is 0 Å². The second-order valence-corrected chi connectivity index (χ2v) is 6.77. The van der Waals surface area contributed by atoms with Crippen molar-refractivity contribution in [3.05, 3.63) is 11.1 Å². The van der Waals surface area contributed by atoms with Crippen molar-refractivity contribution >= 4 is 0 Å². The molecule has 0 N–H and O–H groups in total. The Bertz CT molecular complexity index is 220. The van der Waals surface area contributed by atoms with E-state index in [1.807, 2.05) is 0 Å². The number of rotatable bonds is 14. The Labute approximate surface area is 129 Å². The highest BCUT2D eigenvalue weighted by Gasteiger charge is 1.95. The molecule has 0 aliphatic rings. The van der Waals surface area contributed by atoms with E-state index in [2.05, 4.69) is 27.7 Å². The van der Waals surface area contributed by atoms with Gasteiger partial charge in [-0.05, 0) is 33.6 Å². The van der Waals surface area contributed by atoms with Crippen LogP contribution >= 0.6 is 0 Å². The molecule has 0 radical (unpaired) electrons. The summed E-state index contributed by atoms with van der Waals surface area (Å²) in [7, 11) is 0. The average molecular weight is 281 g/mol. The van der Waals surface area contributed by atoms with E-state index in [9.17, 15) is 0 Å². The third kappa shape index (κ3) is 14.2. The van der Waals surface area contributed by atoms with Crippen molar-refractivity contribution in [2.75, 3.05) is 0 Å². The van der Waals surface area contributed by atoms with Gasteiger partial charge in [-0.15, -0.1) is 0 Å². The second kappa shape index (κ2) is 15.1. The summed E-state index contributed by atoms with van der Waals surface area (Å²) in [5.74, 6) is 0. The molecule has 0 spiro atoms. The lowest BCUT2D eigenvalue weighted by atomic mass is 10.0. The number of hydrogen-bond donors (Lipinski definition) is 0. The maximum absolute atomic E-state index is 2.29. The first-order chi connectivity index (χ1) is 9.68. The van der Waals surface area contributed by atoms with Crippen LogP contribution in [0.1, 0.15) is 118 Å². The summed E-state index contributed by atoms with van der Waals surface area (Å²) in [5.41, 5.74) is 3.12. The van der Waals surface area contributed by atoms with Crippen LogP contribution in [0.25, 0.3) is 0 Å². The molecule has 0 heterocycles. The highest BCUT2D eigenvalue weighted by molar-refractivity contribution is 5.06. The Morgan fingerprint density at radius 1 is 0.500 bits per heavy atom. The minimum Gasteiger partial charge on any atom is -0.0775 e. The van der Waals surface area contributed by atoms with E-state index in [-0.39, 0.29) is 0 Å². The molecule has 0 aromatic rings. The summed E-state index contributed by atoms with van der Waals surface area (Å²) >= 11 is 0. The Kier molecular flexibility index (Phi) is 14.9. The molecular weight excluding hydrogens is 240 g/mol. The molecule has 0 unspecified atom stereocenters. The van der Waals surface area contributed by atoms with Gasteiger partial charge in [-0.2, -0.15) is 0 Å². The maximum atomic E-state index is 2.29. The molecule has 0 aliphatic heterocycles. The third-order valence-electron chi connectivity index (χ3n) is 4.51. The second-order valence-electron chi connectivity index (χ2n) is 6.77. The lowest BCUT2D eigenvalue weighted by Crippen LogP contribution is -1.85. The van der Waals surface area contributed by atoms with Gasteiger partial charge >= 0.3 is 0 Å². The average Bonchev–Trinajstić information content (AvgIpc) is 2.43. The fraction of sp³-hybridized carbons (Fsp3) is 0.900. The molecule has 0 aromatic heterocycles. The van der Waals surface area contributed by atoms with E-state index < -0.39 is 0 Å². The molecule has 120 valence electrons. The largest absolute Gasteiger partial charge is 0.0775 e. The van der Waals surface area contributed by atoms with Gasteiger partial charge in [0.2, 0.25) is 0 Å². The number of hydrogen-bond acceptors (Lipinski definition) is 0. The van der Waals surface area contributed by atoms with Crippen molar-refractivity contribution in [3.8, 4) is 0 Å². The van der Waals surface area contributed by atoms with Crippen LogP contribution in [-0.4, -0.2) is 0 Å². The van der Waals surface area contributed by atoms with Crippen LogP contribution in [0.2, 0.25) is 0 Å². The topological polar surface area (TPSA) is 0 Å². The van der Waals surface area contributed by atoms with Crippen LogP contribution in [-0.2, 0) is 0 Å². The minimum absolute atomic E-state index is 1.32. The monoisotopic (exact) mass is 280 g/mol. The number of allylic oxidation sites excluding steroid dienone is 2. The fourth-order valence-electron chi connectivity index (χ4n) is 2.66. The van der Waals surface area contributed by atoms with Crippen molar-refractivity contribution in [2.45, 2.75) is 118 Å². The molecule has 0 bridgehead atoms. The normalized spacial score (nSPS) is 10.8. The van der Waals surface area contributed by atoms with Gasteiger partial charge in [0.25, 0.3) is 0 Å². The highest BCUT2D eigenvalue weighted by atomic mass is 14.0. The highest BCUT2D eigenvalue weighted by Crippen LogP contribution is 2.15. The lowest BCUT2D eigenvalue weighted by molar-refractivity contribution is 0.539. The van der Waals surface area contributed by atoms with Gasteiger partial charge in [-0.3, -0.25) is 0 Å². The van der Waals surface area contributed by atoms with E-state index in [1.54, 1.807) is 5.57 Å². The summed E-state index contributed by atoms with van der Waals surface area (Å²) in [4.78, 5) is 0. The zero-order valence-corrected chi connectivity index (χ0v) is 14.9. The fourth-order valence-corrected chi connectivity index (χ4v) is 2.66. The summed E-state index contributed by atoms with van der Waals surface area (Å²) < 4.78 is 0. The zero-order chi connectivity index (χ0) is 15.1. The third-order valence-corrected chi connectivity index (χ3v) is 4.51. The van der Waals surface area contributed by atoms with E-state index in [0.717, 1.165) is 0 Å². The van der Waals surface area contributed by atoms with Crippen LogP contribution in [0.3, 0.4) is 0 Å². The molecule has 0 nitrogen and oxygen atoms in total. The molecule has 0 atom stereocenters. The summed E-state index contributed by atoms with van der Waals surface area (Å²) in [6, 6.07) is 0. The van der Waals surface area contributed by atoms with Crippen LogP contribution in [0, 0.1) is 0 Å². The molecule has 0 amide bonds. The smallest absolute Gasteiger partial charge is 0.0321 e. The van der Waals surface area contributed by atoms with Crippen LogP contribution in [0.5, 0.6) is 0 Å². The molecule has 0 saturated carbocycles. The van der Waals surface area contributed by atoms with Crippen LogP contribution in [0.15, 0.2) is 11.1 Å². The van der Waals surface area contributed by atoms with Gasteiger partial charge in [-0.25, -0.2) is 0 Å². The quantitative estimate of drug-likeness (QED) is 0.225. The lowest BCUT2D eigenvalue weighted by Gasteiger charge is -2.04. The van der Waals surface area contributed by atoms with Gasteiger partial charge in [0, 0.05) is 0 Å². The van der Waals surface area contributed by atoms with Gasteiger partial charge in [-0.1, -0.05) is 95.1 Å². The molecule has 20 heavy (non-hydrogen) atoms. The van der Waals surface area contributed by atoms with Crippen molar-refractivity contribution in [2.24, 2.45) is 0 Å². The van der Waals surface area contributed by atoms with E-state index in [4.69, 9.17) is 0 Å². The first-order valence-corrected chi connectivity index (χ1v) is 9.31. The number of unbranched alkanes of at least 4 members (excludes halogenated alkanes) is 12. The van der Waals surface area contributed by atoms with E-state index in [0.29, 0.717) is 0 Å². The summed E-state index contributed by atoms with van der Waals surface area (Å²) in [6.07, 6.45) is 20.2. The Hall–Kier alpha value is -0.260. The predicted octanol–water partition coefficient (Wildman–Crippen LogP) is 7.82. The van der Waals surface area contributed by atoms with Crippen molar-refractivity contribution in [1.29, 1.82) is 0 Å². The molecule has 0 saturated heterocycles.